The second-order valence-corrected chi connectivity index (χ2v) is 6.37. The third-order valence-electron chi connectivity index (χ3n) is 4.24. The van der Waals surface area contributed by atoms with E-state index in [0.29, 0.717) is 16.1 Å². The van der Waals surface area contributed by atoms with Gasteiger partial charge >= 0.3 is 0 Å². The van der Waals surface area contributed by atoms with Crippen molar-refractivity contribution in [2.45, 2.75) is 25.9 Å². The largest absolute Gasteiger partial charge is 0.357 e. The third-order valence-corrected chi connectivity index (χ3v) is 4.61. The quantitative estimate of drug-likeness (QED) is 0.582. The molecule has 0 saturated heterocycles. The van der Waals surface area contributed by atoms with Gasteiger partial charge in [0.1, 0.15) is 6.04 Å². The van der Waals surface area contributed by atoms with Crippen molar-refractivity contribution in [2.75, 3.05) is 7.05 Å². The summed E-state index contributed by atoms with van der Waals surface area (Å²) < 4.78 is 0. The molecule has 0 heterocycles. The number of nitro benzene ring substituents is 1. The molecule has 142 valence electrons. The lowest BCUT2D eigenvalue weighted by atomic mass is 10.1. The van der Waals surface area contributed by atoms with Crippen molar-refractivity contribution in [1.82, 2.24) is 10.2 Å². The van der Waals surface area contributed by atoms with Crippen LogP contribution in [0.2, 0.25) is 5.02 Å². The predicted octanol–water partition coefficient (Wildman–Crippen LogP) is 2.95. The summed E-state index contributed by atoms with van der Waals surface area (Å²) in [5, 5.41) is 14.2. The minimum Gasteiger partial charge on any atom is -0.357 e. The van der Waals surface area contributed by atoms with Gasteiger partial charge in [-0.2, -0.15) is 0 Å². The number of benzene rings is 2. The van der Waals surface area contributed by atoms with Crippen molar-refractivity contribution in [3.05, 3.63) is 74.8 Å². The summed E-state index contributed by atoms with van der Waals surface area (Å²) in [6, 6.07) is 12.3. The molecule has 0 saturated carbocycles. The fourth-order valence-corrected chi connectivity index (χ4v) is 2.90. The van der Waals surface area contributed by atoms with Crippen LogP contribution in [0.4, 0.5) is 5.69 Å². The van der Waals surface area contributed by atoms with Crippen molar-refractivity contribution in [3.63, 3.8) is 0 Å². The molecule has 0 spiro atoms. The van der Waals surface area contributed by atoms with Gasteiger partial charge in [0, 0.05) is 30.2 Å². The number of rotatable bonds is 7. The first kappa shape index (κ1) is 20.4. The number of nitrogens with one attached hydrogen (secondary N) is 1. The van der Waals surface area contributed by atoms with Crippen LogP contribution in [0.1, 0.15) is 18.1 Å². The monoisotopic (exact) mass is 389 g/mol. The summed E-state index contributed by atoms with van der Waals surface area (Å²) in [4.78, 5) is 37.1. The SMILES string of the molecule is CNC(=O)[C@@H](C)N(Cc1ccccc1Cl)C(=O)Cc1ccccc1[N+](=O)[O-]. The summed E-state index contributed by atoms with van der Waals surface area (Å²) in [6.07, 6.45) is -0.192. The van der Waals surface area contributed by atoms with Crippen LogP contribution >= 0.6 is 11.6 Å². The number of hydrogen-bond acceptors (Lipinski definition) is 4. The number of likely N-dealkylation sites (N-methyl/N-ethyl adjacent to an activating group) is 1. The predicted molar refractivity (Wildman–Crippen MR) is 102 cm³/mol. The summed E-state index contributed by atoms with van der Waals surface area (Å²) in [7, 11) is 1.49. The van der Waals surface area contributed by atoms with Crippen molar-refractivity contribution in [3.8, 4) is 0 Å². The molecule has 2 rings (SSSR count). The first-order valence-electron chi connectivity index (χ1n) is 8.32. The molecule has 2 amide bonds. The van der Waals surface area contributed by atoms with Crippen molar-refractivity contribution < 1.29 is 14.5 Å². The van der Waals surface area contributed by atoms with E-state index in [2.05, 4.69) is 5.32 Å². The molecule has 1 N–H and O–H groups in total. The average Bonchev–Trinajstić information content (AvgIpc) is 2.66. The fraction of sp³-hybridized carbons (Fsp3) is 0.263. The molecular formula is C19H20ClN3O4. The Kier molecular flexibility index (Phi) is 6.90. The van der Waals surface area contributed by atoms with Gasteiger partial charge in [-0.15, -0.1) is 0 Å². The molecule has 8 heteroatoms. The van der Waals surface area contributed by atoms with E-state index in [1.165, 1.54) is 24.1 Å². The van der Waals surface area contributed by atoms with Crippen LogP contribution in [0.5, 0.6) is 0 Å². The van der Waals surface area contributed by atoms with E-state index in [-0.39, 0.29) is 24.6 Å². The van der Waals surface area contributed by atoms with Gasteiger partial charge in [-0.1, -0.05) is 48.0 Å². The molecular weight excluding hydrogens is 370 g/mol. The fourth-order valence-electron chi connectivity index (χ4n) is 2.70. The Bertz CT molecular complexity index is 856. The van der Waals surface area contributed by atoms with Crippen molar-refractivity contribution in [2.24, 2.45) is 0 Å². The smallest absolute Gasteiger partial charge is 0.273 e. The minimum absolute atomic E-state index is 0.119. The lowest BCUT2D eigenvalue weighted by Gasteiger charge is -2.28. The Morgan fingerprint density at radius 1 is 1.15 bits per heavy atom. The van der Waals surface area contributed by atoms with Crippen molar-refractivity contribution in [1.29, 1.82) is 0 Å². The Morgan fingerprint density at radius 3 is 2.33 bits per heavy atom. The first-order chi connectivity index (χ1) is 12.8. The van der Waals surface area contributed by atoms with Gasteiger partial charge in [-0.3, -0.25) is 19.7 Å². The highest BCUT2D eigenvalue weighted by atomic mass is 35.5. The maximum atomic E-state index is 12.9. The maximum absolute atomic E-state index is 12.9. The number of nitro groups is 1. The molecule has 7 nitrogen and oxygen atoms in total. The van der Waals surface area contributed by atoms with Gasteiger partial charge in [0.25, 0.3) is 5.69 Å². The molecule has 0 radical (unpaired) electrons. The summed E-state index contributed by atoms with van der Waals surface area (Å²) in [6.45, 7) is 1.72. The lowest BCUT2D eigenvalue weighted by Crippen LogP contribution is -2.47. The highest BCUT2D eigenvalue weighted by molar-refractivity contribution is 6.31. The van der Waals surface area contributed by atoms with E-state index in [0.717, 1.165) is 0 Å². The Morgan fingerprint density at radius 2 is 1.74 bits per heavy atom. The lowest BCUT2D eigenvalue weighted by molar-refractivity contribution is -0.385. The molecule has 0 bridgehead atoms. The summed E-state index contributed by atoms with van der Waals surface area (Å²) >= 11 is 6.19. The zero-order chi connectivity index (χ0) is 20.0. The van der Waals surface area contributed by atoms with E-state index in [9.17, 15) is 19.7 Å². The Hall–Kier alpha value is -2.93. The normalized spacial score (nSPS) is 11.5. The number of carbonyl (C=O) groups excluding carboxylic acids is 2. The minimum atomic E-state index is -0.762. The number of carbonyl (C=O) groups is 2. The van der Waals surface area contributed by atoms with Crippen LogP contribution < -0.4 is 5.32 Å². The standard InChI is InChI=1S/C19H20ClN3O4/c1-13(19(25)21-2)22(12-15-8-3-5-9-16(15)20)18(24)11-14-7-4-6-10-17(14)23(26)27/h3-10,13H,11-12H2,1-2H3,(H,21,25)/t13-/m1/s1. The van der Waals surface area contributed by atoms with Gasteiger partial charge in [-0.05, 0) is 18.6 Å². The molecule has 27 heavy (non-hydrogen) atoms. The van der Waals surface area contributed by atoms with Gasteiger partial charge in [0.05, 0.1) is 11.3 Å². The highest BCUT2D eigenvalue weighted by Crippen LogP contribution is 2.22. The van der Waals surface area contributed by atoms with Crippen LogP contribution in [0.15, 0.2) is 48.5 Å². The van der Waals surface area contributed by atoms with E-state index < -0.39 is 16.9 Å². The van der Waals surface area contributed by atoms with Gasteiger partial charge < -0.3 is 10.2 Å². The Labute approximate surface area is 162 Å². The second-order valence-electron chi connectivity index (χ2n) is 5.97. The van der Waals surface area contributed by atoms with Gasteiger partial charge in [0.15, 0.2) is 0 Å². The molecule has 1 atom stereocenters. The molecule has 0 unspecified atom stereocenters. The highest BCUT2D eigenvalue weighted by Gasteiger charge is 2.27. The van der Waals surface area contributed by atoms with Gasteiger partial charge in [0.2, 0.25) is 11.8 Å². The zero-order valence-corrected chi connectivity index (χ0v) is 15.8. The van der Waals surface area contributed by atoms with E-state index in [1.807, 2.05) is 0 Å². The number of para-hydroxylation sites is 1. The molecule has 0 aliphatic rings. The molecule has 2 aromatic rings. The number of nitrogens with zero attached hydrogens (tertiary/aromatic N) is 2. The molecule has 2 aromatic carbocycles. The van der Waals surface area contributed by atoms with Crippen LogP contribution in [0.3, 0.4) is 0 Å². The van der Waals surface area contributed by atoms with Crippen LogP contribution in [-0.2, 0) is 22.6 Å². The topological polar surface area (TPSA) is 92.6 Å². The van der Waals surface area contributed by atoms with Crippen LogP contribution in [0.25, 0.3) is 0 Å². The number of amides is 2. The summed E-state index contributed by atoms with van der Waals surface area (Å²) in [5.41, 5.74) is 0.850. The summed E-state index contributed by atoms with van der Waals surface area (Å²) in [5.74, 6) is -0.738. The van der Waals surface area contributed by atoms with Gasteiger partial charge in [-0.25, -0.2) is 0 Å². The number of halogens is 1. The average molecular weight is 390 g/mol. The first-order valence-corrected chi connectivity index (χ1v) is 8.69. The van der Waals surface area contributed by atoms with E-state index >= 15 is 0 Å². The number of hydrogen-bond donors (Lipinski definition) is 1. The van der Waals surface area contributed by atoms with E-state index in [1.54, 1.807) is 43.3 Å². The second kappa shape index (κ2) is 9.14. The molecule has 0 aromatic heterocycles. The van der Waals surface area contributed by atoms with Crippen molar-refractivity contribution >= 4 is 29.1 Å². The van der Waals surface area contributed by atoms with Crippen LogP contribution in [-0.4, -0.2) is 34.7 Å². The Balaban J connectivity index is 2.32. The zero-order valence-electron chi connectivity index (χ0n) is 15.0. The molecule has 0 aliphatic carbocycles. The molecule has 0 fully saturated rings. The molecule has 0 aliphatic heterocycles. The maximum Gasteiger partial charge on any atom is 0.273 e. The third kappa shape index (κ3) is 5.04. The van der Waals surface area contributed by atoms with E-state index in [4.69, 9.17) is 11.6 Å². The van der Waals surface area contributed by atoms with Crippen LogP contribution in [0, 0.1) is 10.1 Å².